The Kier molecular flexibility index (Phi) is 9.57. The van der Waals surface area contributed by atoms with Crippen molar-refractivity contribution in [3.8, 4) is 0 Å². The maximum atomic E-state index is 13.9. The van der Waals surface area contributed by atoms with Crippen LogP contribution in [0.3, 0.4) is 0 Å². The number of anilines is 1. The Hall–Kier alpha value is -3.36. The number of rotatable bonds is 10. The molecule has 0 aliphatic carbocycles. The molecule has 3 rings (SSSR count). The van der Waals surface area contributed by atoms with Gasteiger partial charge in [0.05, 0.1) is 10.6 Å². The molecule has 0 aliphatic heterocycles. The van der Waals surface area contributed by atoms with Crippen LogP contribution in [0, 0.1) is 20.8 Å². The van der Waals surface area contributed by atoms with E-state index in [0.717, 1.165) is 26.6 Å². The number of halogens is 1. The van der Waals surface area contributed by atoms with Crippen LogP contribution in [-0.2, 0) is 26.2 Å². The van der Waals surface area contributed by atoms with Gasteiger partial charge in [-0.25, -0.2) is 8.42 Å². The topological polar surface area (TPSA) is 86.8 Å². The second-order valence-corrected chi connectivity index (χ2v) is 11.6. The molecule has 3 aromatic carbocycles. The summed E-state index contributed by atoms with van der Waals surface area (Å²) in [6, 6.07) is 17.9. The molecule has 1 atom stereocenters. The molecule has 0 aromatic heterocycles. The number of amides is 2. The van der Waals surface area contributed by atoms with Crippen molar-refractivity contribution in [3.63, 3.8) is 0 Å². The molecule has 0 heterocycles. The van der Waals surface area contributed by atoms with Crippen molar-refractivity contribution in [3.05, 3.63) is 94.0 Å². The minimum atomic E-state index is -4.14. The summed E-state index contributed by atoms with van der Waals surface area (Å²) >= 11 is 6.00. The van der Waals surface area contributed by atoms with Crippen LogP contribution >= 0.6 is 11.6 Å². The summed E-state index contributed by atoms with van der Waals surface area (Å²) in [4.78, 5) is 28.1. The van der Waals surface area contributed by atoms with Crippen molar-refractivity contribution in [2.24, 2.45) is 0 Å². The molecule has 0 aliphatic rings. The fourth-order valence-electron chi connectivity index (χ4n) is 4.02. The predicted molar refractivity (Wildman–Crippen MR) is 152 cm³/mol. The molecular weight excluding hydrogens is 522 g/mol. The Morgan fingerprint density at radius 2 is 1.58 bits per heavy atom. The lowest BCUT2D eigenvalue weighted by Crippen LogP contribution is -2.51. The summed E-state index contributed by atoms with van der Waals surface area (Å²) in [6.07, 6.45) is 0. The van der Waals surface area contributed by atoms with Gasteiger partial charge in [-0.05, 0) is 93.3 Å². The lowest BCUT2D eigenvalue weighted by atomic mass is 10.1. The molecule has 0 radical (unpaired) electrons. The van der Waals surface area contributed by atoms with Crippen LogP contribution in [0.15, 0.2) is 71.6 Å². The highest BCUT2D eigenvalue weighted by atomic mass is 35.5. The van der Waals surface area contributed by atoms with Crippen molar-refractivity contribution < 1.29 is 18.0 Å². The number of carbonyl (C=O) groups is 2. The molecule has 0 fully saturated rings. The van der Waals surface area contributed by atoms with Gasteiger partial charge in [0.1, 0.15) is 12.6 Å². The van der Waals surface area contributed by atoms with Crippen molar-refractivity contribution in [1.82, 2.24) is 10.2 Å². The number of sulfonamides is 1. The van der Waals surface area contributed by atoms with Gasteiger partial charge in [-0.1, -0.05) is 41.9 Å². The van der Waals surface area contributed by atoms with Crippen LogP contribution in [0.5, 0.6) is 0 Å². The minimum Gasteiger partial charge on any atom is -0.355 e. The summed E-state index contributed by atoms with van der Waals surface area (Å²) in [6.45, 7) is 9.29. The molecule has 0 saturated heterocycles. The standard InChI is InChI=1S/C29H34ClN3O4S/c1-6-31-29(35)23(5)32(18-24-10-8-7-9-21(24)3)28(34)19-33(26-14-11-20(2)22(4)17-26)38(36,37)27-15-12-25(30)13-16-27/h7-17,23H,6,18-19H2,1-5H3,(H,31,35)/t23-/m1/s1. The normalized spacial score (nSPS) is 12.1. The molecule has 0 unspecified atom stereocenters. The van der Waals surface area contributed by atoms with E-state index in [1.807, 2.05) is 51.1 Å². The second kappa shape index (κ2) is 12.5. The van der Waals surface area contributed by atoms with E-state index >= 15 is 0 Å². The van der Waals surface area contributed by atoms with Gasteiger partial charge in [0, 0.05) is 18.1 Å². The van der Waals surface area contributed by atoms with Crippen LogP contribution in [0.4, 0.5) is 5.69 Å². The Morgan fingerprint density at radius 1 is 0.921 bits per heavy atom. The van der Waals surface area contributed by atoms with Crippen LogP contribution < -0.4 is 9.62 Å². The van der Waals surface area contributed by atoms with E-state index in [9.17, 15) is 18.0 Å². The first-order chi connectivity index (χ1) is 17.9. The van der Waals surface area contributed by atoms with Gasteiger partial charge in [-0.15, -0.1) is 0 Å². The van der Waals surface area contributed by atoms with Gasteiger partial charge in [0.15, 0.2) is 0 Å². The van der Waals surface area contributed by atoms with Gasteiger partial charge in [-0.3, -0.25) is 13.9 Å². The van der Waals surface area contributed by atoms with E-state index in [4.69, 9.17) is 11.6 Å². The van der Waals surface area contributed by atoms with Crippen molar-refractivity contribution in [1.29, 1.82) is 0 Å². The molecule has 0 spiro atoms. The average Bonchev–Trinajstić information content (AvgIpc) is 2.88. The number of likely N-dealkylation sites (N-methyl/N-ethyl adjacent to an activating group) is 1. The number of aryl methyl sites for hydroxylation is 3. The first-order valence-electron chi connectivity index (χ1n) is 12.4. The van der Waals surface area contributed by atoms with Crippen molar-refractivity contribution in [2.45, 2.75) is 52.1 Å². The molecule has 38 heavy (non-hydrogen) atoms. The zero-order valence-corrected chi connectivity index (χ0v) is 23.9. The third-order valence-corrected chi connectivity index (χ3v) is 8.62. The zero-order valence-electron chi connectivity index (χ0n) is 22.4. The quantitative estimate of drug-likeness (QED) is 0.381. The number of nitrogens with zero attached hydrogens (tertiary/aromatic N) is 2. The van der Waals surface area contributed by atoms with Crippen molar-refractivity contribution in [2.75, 3.05) is 17.4 Å². The number of benzene rings is 3. The van der Waals surface area contributed by atoms with Crippen LogP contribution in [0.1, 0.15) is 36.1 Å². The Morgan fingerprint density at radius 3 is 2.18 bits per heavy atom. The maximum Gasteiger partial charge on any atom is 0.264 e. The van der Waals surface area contributed by atoms with Crippen LogP contribution in [-0.4, -0.2) is 44.3 Å². The van der Waals surface area contributed by atoms with Gasteiger partial charge in [-0.2, -0.15) is 0 Å². The molecule has 0 saturated carbocycles. The fraction of sp³-hybridized carbons (Fsp3) is 0.310. The van der Waals surface area contributed by atoms with E-state index in [1.165, 1.54) is 29.2 Å². The summed E-state index contributed by atoms with van der Waals surface area (Å²) < 4.78 is 28.8. The summed E-state index contributed by atoms with van der Waals surface area (Å²) in [5, 5.41) is 3.16. The Labute approximate surface area is 230 Å². The highest BCUT2D eigenvalue weighted by Gasteiger charge is 2.32. The molecule has 202 valence electrons. The third-order valence-electron chi connectivity index (χ3n) is 6.58. The number of hydrogen-bond acceptors (Lipinski definition) is 4. The van der Waals surface area contributed by atoms with E-state index in [1.54, 1.807) is 26.0 Å². The minimum absolute atomic E-state index is 0.00940. The largest absolute Gasteiger partial charge is 0.355 e. The lowest BCUT2D eigenvalue weighted by Gasteiger charge is -2.32. The van der Waals surface area contributed by atoms with Crippen LogP contribution in [0.2, 0.25) is 5.02 Å². The first-order valence-corrected chi connectivity index (χ1v) is 14.2. The van der Waals surface area contributed by atoms with Gasteiger partial charge in [0.2, 0.25) is 11.8 Å². The molecular formula is C29H34ClN3O4S. The molecule has 7 nitrogen and oxygen atoms in total. The predicted octanol–water partition coefficient (Wildman–Crippen LogP) is 5.01. The number of nitrogens with one attached hydrogen (secondary N) is 1. The second-order valence-electron chi connectivity index (χ2n) is 9.25. The first kappa shape index (κ1) is 29.2. The third kappa shape index (κ3) is 6.74. The fourth-order valence-corrected chi connectivity index (χ4v) is 5.55. The molecule has 3 aromatic rings. The molecule has 9 heteroatoms. The molecule has 2 amide bonds. The van der Waals surface area contributed by atoms with Gasteiger partial charge in [0.25, 0.3) is 10.0 Å². The average molecular weight is 556 g/mol. The van der Waals surface area contributed by atoms with Gasteiger partial charge >= 0.3 is 0 Å². The molecule has 0 bridgehead atoms. The summed E-state index contributed by atoms with van der Waals surface area (Å²) in [5.41, 5.74) is 4.08. The number of hydrogen-bond donors (Lipinski definition) is 1. The van der Waals surface area contributed by atoms with Crippen molar-refractivity contribution >= 4 is 39.1 Å². The highest BCUT2D eigenvalue weighted by Crippen LogP contribution is 2.27. The SMILES string of the molecule is CCNC(=O)[C@@H](C)N(Cc1ccccc1C)C(=O)CN(c1ccc(C)c(C)c1)S(=O)(=O)c1ccc(Cl)cc1. The monoisotopic (exact) mass is 555 g/mol. The van der Waals surface area contributed by atoms with Crippen LogP contribution in [0.25, 0.3) is 0 Å². The Bertz CT molecular complexity index is 1410. The maximum absolute atomic E-state index is 13.9. The smallest absolute Gasteiger partial charge is 0.264 e. The Balaban J connectivity index is 2.07. The van der Waals surface area contributed by atoms with Gasteiger partial charge < -0.3 is 10.2 Å². The lowest BCUT2D eigenvalue weighted by molar-refractivity contribution is -0.139. The van der Waals surface area contributed by atoms with E-state index < -0.39 is 28.5 Å². The number of carbonyl (C=O) groups excluding carboxylic acids is 2. The van der Waals surface area contributed by atoms with E-state index in [2.05, 4.69) is 5.32 Å². The molecule has 1 N–H and O–H groups in total. The van der Waals surface area contributed by atoms with E-state index in [0.29, 0.717) is 17.3 Å². The van der Waals surface area contributed by atoms with E-state index in [-0.39, 0.29) is 17.3 Å². The summed E-state index contributed by atoms with van der Waals surface area (Å²) in [5.74, 6) is -0.810. The summed E-state index contributed by atoms with van der Waals surface area (Å²) in [7, 11) is -4.14. The zero-order chi connectivity index (χ0) is 28.0. The highest BCUT2D eigenvalue weighted by molar-refractivity contribution is 7.92.